The molecule has 2 aromatic heterocycles. The fourth-order valence-electron chi connectivity index (χ4n) is 3.92. The fourth-order valence-corrected chi connectivity index (χ4v) is 5.69. The molecule has 1 aliphatic heterocycles. The van der Waals surface area contributed by atoms with Gasteiger partial charge in [-0.05, 0) is 57.0 Å². The van der Waals surface area contributed by atoms with Gasteiger partial charge in [0.1, 0.15) is 17.3 Å². The predicted molar refractivity (Wildman–Crippen MR) is 126 cm³/mol. The number of benzene rings is 1. The summed E-state index contributed by atoms with van der Waals surface area (Å²) in [6.45, 7) is 3.66. The molecule has 8 nitrogen and oxygen atoms in total. The number of anilines is 1. The predicted octanol–water partition coefficient (Wildman–Crippen LogP) is 4.04. The normalized spacial score (nSPS) is 17.2. The van der Waals surface area contributed by atoms with Crippen LogP contribution >= 0.6 is 0 Å². The van der Waals surface area contributed by atoms with E-state index in [2.05, 4.69) is 15.5 Å². The highest BCUT2D eigenvalue weighted by Crippen LogP contribution is 2.29. The number of pyridine rings is 1. The number of nitrogens with zero attached hydrogens (tertiary/aromatic N) is 3. The van der Waals surface area contributed by atoms with Crippen molar-refractivity contribution in [2.24, 2.45) is 5.92 Å². The molecule has 10 heteroatoms. The first kappa shape index (κ1) is 23.8. The maximum absolute atomic E-state index is 14.0. The summed E-state index contributed by atoms with van der Waals surface area (Å²) in [6.07, 6.45) is 3.92. The first-order chi connectivity index (χ1) is 16.3. The van der Waals surface area contributed by atoms with E-state index in [-0.39, 0.29) is 35.3 Å². The summed E-state index contributed by atoms with van der Waals surface area (Å²) in [6, 6.07) is 11.4. The number of hydrogen-bond acceptors (Lipinski definition) is 6. The Bertz CT molecular complexity index is 1340. The Morgan fingerprint density at radius 2 is 1.97 bits per heavy atom. The summed E-state index contributed by atoms with van der Waals surface area (Å²) in [5.41, 5.74) is 1.26. The summed E-state index contributed by atoms with van der Waals surface area (Å²) in [4.78, 5) is 17.0. The fraction of sp³-hybridized carbons (Fsp3) is 0.292. The number of carbonyl (C=O) groups is 1. The second kappa shape index (κ2) is 9.86. The zero-order valence-electron chi connectivity index (χ0n) is 18.9. The summed E-state index contributed by atoms with van der Waals surface area (Å²) in [5, 5.41) is 6.59. The quantitative estimate of drug-likeness (QED) is 0.566. The Hall–Kier alpha value is -3.37. The largest absolute Gasteiger partial charge is 0.355 e. The zero-order chi connectivity index (χ0) is 24.3. The first-order valence-corrected chi connectivity index (χ1v) is 12.3. The molecule has 3 heterocycles. The molecule has 34 heavy (non-hydrogen) atoms. The smallest absolute Gasteiger partial charge is 0.248 e. The number of aryl methyl sites for hydroxylation is 2. The summed E-state index contributed by atoms with van der Waals surface area (Å²) >= 11 is 0. The van der Waals surface area contributed by atoms with Gasteiger partial charge in [0.2, 0.25) is 15.9 Å². The Labute approximate surface area is 197 Å². The van der Waals surface area contributed by atoms with Crippen LogP contribution < -0.4 is 5.32 Å². The van der Waals surface area contributed by atoms with E-state index < -0.39 is 21.8 Å². The Balaban J connectivity index is 1.54. The van der Waals surface area contributed by atoms with Gasteiger partial charge in [0.15, 0.2) is 10.7 Å². The topological polar surface area (TPSA) is 105 Å². The van der Waals surface area contributed by atoms with E-state index >= 15 is 0 Å². The van der Waals surface area contributed by atoms with Crippen LogP contribution in [0.2, 0.25) is 0 Å². The maximum atomic E-state index is 14.0. The van der Waals surface area contributed by atoms with E-state index in [1.165, 1.54) is 29.4 Å². The van der Waals surface area contributed by atoms with Crippen molar-refractivity contribution in [3.63, 3.8) is 0 Å². The highest BCUT2D eigenvalue weighted by molar-refractivity contribution is 7.89. The summed E-state index contributed by atoms with van der Waals surface area (Å²) in [7, 11) is -4.00. The minimum atomic E-state index is -4.00. The van der Waals surface area contributed by atoms with E-state index in [1.807, 2.05) is 13.0 Å². The molecule has 0 saturated carbocycles. The van der Waals surface area contributed by atoms with E-state index in [9.17, 15) is 17.6 Å². The van der Waals surface area contributed by atoms with E-state index in [1.54, 1.807) is 30.3 Å². The molecule has 1 saturated heterocycles. The number of aromatic nitrogens is 2. The van der Waals surface area contributed by atoms with Crippen molar-refractivity contribution in [1.82, 2.24) is 14.4 Å². The lowest BCUT2D eigenvalue weighted by Gasteiger charge is -2.31. The van der Waals surface area contributed by atoms with Crippen molar-refractivity contribution in [2.75, 3.05) is 18.4 Å². The summed E-state index contributed by atoms with van der Waals surface area (Å²) in [5.74, 6) is -0.799. The van der Waals surface area contributed by atoms with Crippen molar-refractivity contribution in [3.05, 3.63) is 71.0 Å². The molecule has 0 aliphatic carbocycles. The first-order valence-electron chi connectivity index (χ1n) is 10.9. The lowest BCUT2D eigenvalue weighted by atomic mass is 9.99. The molecule has 1 amide bonds. The van der Waals surface area contributed by atoms with E-state index in [0.29, 0.717) is 24.2 Å². The maximum Gasteiger partial charge on any atom is 0.248 e. The second-order valence-corrected chi connectivity index (χ2v) is 10.0. The number of hydrogen-bond donors (Lipinski definition) is 1. The van der Waals surface area contributed by atoms with Crippen LogP contribution in [0.3, 0.4) is 0 Å². The van der Waals surface area contributed by atoms with Gasteiger partial charge < -0.3 is 9.84 Å². The average molecular weight is 485 g/mol. The molecule has 0 spiro atoms. The minimum Gasteiger partial charge on any atom is -0.355 e. The molecule has 4 rings (SSSR count). The molecule has 1 N–H and O–H groups in total. The van der Waals surface area contributed by atoms with Gasteiger partial charge >= 0.3 is 0 Å². The van der Waals surface area contributed by atoms with Crippen LogP contribution in [0.15, 0.2) is 51.9 Å². The van der Waals surface area contributed by atoms with E-state index in [4.69, 9.17) is 4.52 Å². The van der Waals surface area contributed by atoms with Crippen LogP contribution in [0.4, 0.5) is 10.2 Å². The molecule has 1 atom stereocenters. The second-order valence-electron chi connectivity index (χ2n) is 8.17. The minimum absolute atomic E-state index is 0.0105. The molecule has 1 aromatic carbocycles. The lowest BCUT2D eigenvalue weighted by Crippen LogP contribution is -2.44. The van der Waals surface area contributed by atoms with Crippen molar-refractivity contribution < 1.29 is 22.1 Å². The number of rotatable bonds is 6. The number of piperidine rings is 1. The van der Waals surface area contributed by atoms with Crippen molar-refractivity contribution in [3.8, 4) is 0 Å². The zero-order valence-corrected chi connectivity index (χ0v) is 19.7. The van der Waals surface area contributed by atoms with Crippen molar-refractivity contribution in [2.45, 2.75) is 31.6 Å². The Kier molecular flexibility index (Phi) is 6.90. The molecule has 0 radical (unpaired) electrons. The standard InChI is InChI=1S/C24H25FN4O4S/c1-16-7-5-11-22(26-16)27-24(30)19-9-6-14-29(15-19)34(31,32)23-17(2)28-33-21(23)13-12-18-8-3-4-10-20(18)25/h3-5,7-8,10-13,19H,6,9,14-15H2,1-2H3,(H,26,27,30). The molecule has 0 bridgehead atoms. The molecular weight excluding hydrogens is 459 g/mol. The van der Waals surface area contributed by atoms with Crippen molar-refractivity contribution >= 4 is 33.9 Å². The van der Waals surface area contributed by atoms with Crippen molar-refractivity contribution in [1.29, 1.82) is 0 Å². The Morgan fingerprint density at radius 1 is 1.18 bits per heavy atom. The van der Waals surface area contributed by atoms with Crippen LogP contribution in [-0.4, -0.2) is 41.9 Å². The molecule has 178 valence electrons. The van der Waals surface area contributed by atoms with Gasteiger partial charge in [-0.2, -0.15) is 4.31 Å². The number of carbonyl (C=O) groups excluding carboxylic acids is 1. The van der Waals surface area contributed by atoms with Crippen LogP contribution in [0.1, 0.15) is 35.6 Å². The molecular formula is C24H25FN4O4S. The lowest BCUT2D eigenvalue weighted by molar-refractivity contribution is -0.120. The van der Waals surface area contributed by atoms with Gasteiger partial charge in [-0.1, -0.05) is 29.4 Å². The number of sulfonamides is 1. The SMILES string of the molecule is Cc1cccc(NC(=O)C2CCCN(S(=O)(=O)c3c(C)noc3C=Cc3ccccc3F)C2)n1. The monoisotopic (exact) mass is 484 g/mol. The highest BCUT2D eigenvalue weighted by Gasteiger charge is 2.37. The van der Waals surface area contributed by atoms with E-state index in [0.717, 1.165) is 5.69 Å². The third kappa shape index (κ3) is 5.07. The molecule has 1 unspecified atom stereocenters. The molecule has 1 aliphatic rings. The van der Waals surface area contributed by atoms with Gasteiger partial charge in [0.25, 0.3) is 0 Å². The van der Waals surface area contributed by atoms with Gasteiger partial charge in [0.05, 0.1) is 5.92 Å². The van der Waals surface area contributed by atoms with Gasteiger partial charge in [-0.3, -0.25) is 4.79 Å². The van der Waals surface area contributed by atoms with Crippen LogP contribution in [-0.2, 0) is 14.8 Å². The number of halogens is 1. The van der Waals surface area contributed by atoms with Crippen LogP contribution in [0, 0.1) is 25.6 Å². The summed E-state index contributed by atoms with van der Waals surface area (Å²) < 4.78 is 47.5. The number of amides is 1. The molecule has 3 aromatic rings. The third-order valence-electron chi connectivity index (χ3n) is 5.65. The third-order valence-corrected chi connectivity index (χ3v) is 7.67. The van der Waals surface area contributed by atoms with Crippen LogP contribution in [0.25, 0.3) is 12.2 Å². The number of nitrogens with one attached hydrogen (secondary N) is 1. The van der Waals surface area contributed by atoms with Gasteiger partial charge in [-0.15, -0.1) is 0 Å². The Morgan fingerprint density at radius 3 is 2.74 bits per heavy atom. The average Bonchev–Trinajstić information content (AvgIpc) is 3.19. The van der Waals surface area contributed by atoms with Gasteiger partial charge in [-0.25, -0.2) is 17.8 Å². The molecule has 1 fully saturated rings. The highest BCUT2D eigenvalue weighted by atomic mass is 32.2. The van der Waals surface area contributed by atoms with Gasteiger partial charge in [0, 0.05) is 24.3 Å². The van der Waals surface area contributed by atoms with Crippen LogP contribution in [0.5, 0.6) is 0 Å².